The Morgan fingerprint density at radius 1 is 1.23 bits per heavy atom. The molecule has 0 saturated carbocycles. The Balaban J connectivity index is 1.61. The third-order valence-electron chi connectivity index (χ3n) is 3.55. The Labute approximate surface area is 133 Å². The standard InChI is InChI=1S/C17H26N4O/c1-18-17(20-10-11-21-12-14-22-15-13-21)19-9-5-8-16-6-3-2-4-7-16/h2-8H,9-15H2,1H3,(H2,18,19,20). The van der Waals surface area contributed by atoms with Crippen LogP contribution in [0.25, 0.3) is 6.08 Å². The summed E-state index contributed by atoms with van der Waals surface area (Å²) in [6.07, 6.45) is 4.21. The highest BCUT2D eigenvalue weighted by Gasteiger charge is 2.09. The predicted molar refractivity (Wildman–Crippen MR) is 92.1 cm³/mol. The van der Waals surface area contributed by atoms with Gasteiger partial charge in [0.25, 0.3) is 0 Å². The topological polar surface area (TPSA) is 48.9 Å². The van der Waals surface area contributed by atoms with Crippen LogP contribution in [0.3, 0.4) is 0 Å². The van der Waals surface area contributed by atoms with Crippen LogP contribution in [0.5, 0.6) is 0 Å². The highest BCUT2D eigenvalue weighted by molar-refractivity contribution is 5.79. The van der Waals surface area contributed by atoms with Gasteiger partial charge in [0, 0.05) is 39.8 Å². The molecule has 0 amide bonds. The van der Waals surface area contributed by atoms with Crippen molar-refractivity contribution in [3.8, 4) is 0 Å². The molecule has 2 N–H and O–H groups in total. The zero-order valence-electron chi connectivity index (χ0n) is 13.3. The predicted octanol–water partition coefficient (Wildman–Crippen LogP) is 1.20. The Morgan fingerprint density at radius 3 is 2.73 bits per heavy atom. The van der Waals surface area contributed by atoms with Gasteiger partial charge in [0.15, 0.2) is 5.96 Å². The van der Waals surface area contributed by atoms with E-state index in [0.717, 1.165) is 51.9 Å². The van der Waals surface area contributed by atoms with Crippen molar-refractivity contribution >= 4 is 12.0 Å². The molecular weight excluding hydrogens is 276 g/mol. The van der Waals surface area contributed by atoms with Crippen molar-refractivity contribution in [2.24, 2.45) is 4.99 Å². The van der Waals surface area contributed by atoms with Crippen LogP contribution in [0.15, 0.2) is 41.4 Å². The molecule has 1 fully saturated rings. The SMILES string of the molecule is CN=C(NCC=Cc1ccccc1)NCCN1CCOCC1. The molecule has 5 nitrogen and oxygen atoms in total. The average Bonchev–Trinajstić information content (AvgIpc) is 2.59. The van der Waals surface area contributed by atoms with Gasteiger partial charge in [0.05, 0.1) is 13.2 Å². The van der Waals surface area contributed by atoms with Crippen molar-refractivity contribution in [1.29, 1.82) is 0 Å². The first-order chi connectivity index (χ1) is 10.9. The lowest BCUT2D eigenvalue weighted by atomic mass is 10.2. The lowest BCUT2D eigenvalue weighted by molar-refractivity contribution is 0.0389. The highest BCUT2D eigenvalue weighted by atomic mass is 16.5. The van der Waals surface area contributed by atoms with Gasteiger partial charge in [-0.3, -0.25) is 9.89 Å². The summed E-state index contributed by atoms with van der Waals surface area (Å²) < 4.78 is 5.34. The van der Waals surface area contributed by atoms with Gasteiger partial charge in [0.2, 0.25) is 0 Å². The van der Waals surface area contributed by atoms with Crippen LogP contribution in [0.1, 0.15) is 5.56 Å². The second kappa shape index (κ2) is 9.97. The summed E-state index contributed by atoms with van der Waals surface area (Å²) in [6.45, 7) is 6.40. The normalized spacial score (nSPS) is 16.9. The van der Waals surface area contributed by atoms with E-state index in [-0.39, 0.29) is 0 Å². The fraction of sp³-hybridized carbons (Fsp3) is 0.471. The molecule has 0 radical (unpaired) electrons. The molecule has 0 atom stereocenters. The molecule has 0 spiro atoms. The molecule has 1 heterocycles. The van der Waals surface area contributed by atoms with Gasteiger partial charge in [0.1, 0.15) is 0 Å². The van der Waals surface area contributed by atoms with Crippen molar-refractivity contribution in [1.82, 2.24) is 15.5 Å². The van der Waals surface area contributed by atoms with Crippen molar-refractivity contribution < 1.29 is 4.74 Å². The van der Waals surface area contributed by atoms with Crippen LogP contribution in [0.4, 0.5) is 0 Å². The second-order valence-corrected chi connectivity index (χ2v) is 5.15. The fourth-order valence-corrected chi connectivity index (χ4v) is 2.29. The number of hydrogen-bond acceptors (Lipinski definition) is 3. The number of rotatable bonds is 6. The van der Waals surface area contributed by atoms with Crippen LogP contribution >= 0.6 is 0 Å². The fourth-order valence-electron chi connectivity index (χ4n) is 2.29. The zero-order chi connectivity index (χ0) is 15.5. The van der Waals surface area contributed by atoms with E-state index in [2.05, 4.69) is 44.8 Å². The van der Waals surface area contributed by atoms with E-state index in [4.69, 9.17) is 4.74 Å². The molecule has 1 aromatic carbocycles. The molecule has 0 bridgehead atoms. The first kappa shape index (κ1) is 16.5. The van der Waals surface area contributed by atoms with Gasteiger partial charge >= 0.3 is 0 Å². The van der Waals surface area contributed by atoms with E-state index in [9.17, 15) is 0 Å². The van der Waals surface area contributed by atoms with E-state index in [1.807, 2.05) is 18.2 Å². The molecule has 2 rings (SSSR count). The number of benzene rings is 1. The van der Waals surface area contributed by atoms with Crippen molar-refractivity contribution in [3.63, 3.8) is 0 Å². The molecule has 1 saturated heterocycles. The maximum absolute atomic E-state index is 5.34. The molecule has 22 heavy (non-hydrogen) atoms. The highest BCUT2D eigenvalue weighted by Crippen LogP contribution is 1.99. The van der Waals surface area contributed by atoms with E-state index in [1.54, 1.807) is 7.05 Å². The second-order valence-electron chi connectivity index (χ2n) is 5.15. The Bertz CT molecular complexity index is 467. The van der Waals surface area contributed by atoms with Gasteiger partial charge in [-0.1, -0.05) is 42.5 Å². The Morgan fingerprint density at radius 2 is 2.00 bits per heavy atom. The number of ether oxygens (including phenoxy) is 1. The number of guanidine groups is 1. The smallest absolute Gasteiger partial charge is 0.191 e. The minimum Gasteiger partial charge on any atom is -0.379 e. The van der Waals surface area contributed by atoms with Crippen molar-refractivity contribution in [2.45, 2.75) is 0 Å². The summed E-state index contributed by atoms with van der Waals surface area (Å²) in [7, 11) is 1.80. The van der Waals surface area contributed by atoms with Crippen LogP contribution in [0.2, 0.25) is 0 Å². The summed E-state index contributed by atoms with van der Waals surface area (Å²) in [5, 5.41) is 6.62. The van der Waals surface area contributed by atoms with Gasteiger partial charge < -0.3 is 15.4 Å². The third-order valence-corrected chi connectivity index (χ3v) is 3.55. The maximum atomic E-state index is 5.34. The lowest BCUT2D eigenvalue weighted by Gasteiger charge is -2.26. The first-order valence-electron chi connectivity index (χ1n) is 7.84. The molecule has 0 aliphatic carbocycles. The molecular formula is C17H26N4O. The summed E-state index contributed by atoms with van der Waals surface area (Å²) in [5.74, 6) is 0.839. The number of aliphatic imine (C=N–C) groups is 1. The van der Waals surface area contributed by atoms with Gasteiger partial charge in [-0.2, -0.15) is 0 Å². The van der Waals surface area contributed by atoms with Crippen LogP contribution in [0, 0.1) is 0 Å². The Kier molecular flexibility index (Phi) is 7.49. The van der Waals surface area contributed by atoms with Gasteiger partial charge in [-0.15, -0.1) is 0 Å². The third kappa shape index (κ3) is 6.28. The molecule has 5 heteroatoms. The molecule has 1 aliphatic heterocycles. The molecule has 1 aromatic rings. The largest absolute Gasteiger partial charge is 0.379 e. The maximum Gasteiger partial charge on any atom is 0.191 e. The molecule has 0 aromatic heterocycles. The van der Waals surface area contributed by atoms with Gasteiger partial charge in [-0.05, 0) is 5.56 Å². The average molecular weight is 302 g/mol. The van der Waals surface area contributed by atoms with Crippen molar-refractivity contribution in [3.05, 3.63) is 42.0 Å². The zero-order valence-corrected chi connectivity index (χ0v) is 13.3. The molecule has 120 valence electrons. The van der Waals surface area contributed by atoms with E-state index in [1.165, 1.54) is 5.56 Å². The summed E-state index contributed by atoms with van der Waals surface area (Å²) in [4.78, 5) is 6.63. The Hall–Kier alpha value is -1.85. The monoisotopic (exact) mass is 302 g/mol. The lowest BCUT2D eigenvalue weighted by Crippen LogP contribution is -2.44. The minimum absolute atomic E-state index is 0.756. The van der Waals surface area contributed by atoms with Gasteiger partial charge in [-0.25, -0.2) is 0 Å². The number of nitrogens with one attached hydrogen (secondary N) is 2. The summed E-state index contributed by atoms with van der Waals surface area (Å²) >= 11 is 0. The minimum atomic E-state index is 0.756. The molecule has 0 unspecified atom stereocenters. The number of nitrogens with zero attached hydrogens (tertiary/aromatic N) is 2. The van der Waals surface area contributed by atoms with Crippen LogP contribution in [-0.2, 0) is 4.74 Å². The number of hydrogen-bond donors (Lipinski definition) is 2. The quantitative estimate of drug-likeness (QED) is 0.612. The van der Waals surface area contributed by atoms with Crippen LogP contribution < -0.4 is 10.6 Å². The van der Waals surface area contributed by atoms with Crippen LogP contribution in [-0.4, -0.2) is 63.8 Å². The summed E-state index contributed by atoms with van der Waals surface area (Å²) in [5.41, 5.74) is 1.21. The number of morpholine rings is 1. The van der Waals surface area contributed by atoms with E-state index in [0.29, 0.717) is 0 Å². The van der Waals surface area contributed by atoms with E-state index >= 15 is 0 Å². The first-order valence-corrected chi connectivity index (χ1v) is 7.84. The molecule has 1 aliphatic rings. The van der Waals surface area contributed by atoms with E-state index < -0.39 is 0 Å². The summed E-state index contributed by atoms with van der Waals surface area (Å²) in [6, 6.07) is 10.3. The van der Waals surface area contributed by atoms with Crippen molar-refractivity contribution in [2.75, 3.05) is 53.0 Å².